The zero-order chi connectivity index (χ0) is 9.80. The molecular formula is C13H22. The largest absolute Gasteiger partial charge is 0.0993 e. The van der Waals surface area contributed by atoms with Crippen molar-refractivity contribution in [3.05, 3.63) is 12.2 Å². The zero-order valence-electron chi connectivity index (χ0n) is 9.43. The summed E-state index contributed by atoms with van der Waals surface area (Å²) in [4.78, 5) is 0. The van der Waals surface area contributed by atoms with Gasteiger partial charge in [0.05, 0.1) is 0 Å². The Bertz CT molecular complexity index is 236. The molecule has 2 saturated carbocycles. The van der Waals surface area contributed by atoms with Crippen molar-refractivity contribution in [3.8, 4) is 0 Å². The van der Waals surface area contributed by atoms with E-state index in [1.54, 1.807) is 5.57 Å². The van der Waals surface area contributed by atoms with E-state index < -0.39 is 0 Å². The lowest BCUT2D eigenvalue weighted by Gasteiger charge is -2.32. The fourth-order valence-electron chi connectivity index (χ4n) is 3.73. The van der Waals surface area contributed by atoms with Gasteiger partial charge in [0.25, 0.3) is 0 Å². The van der Waals surface area contributed by atoms with Crippen molar-refractivity contribution in [2.75, 3.05) is 0 Å². The molecule has 0 spiro atoms. The second-order valence-corrected chi connectivity index (χ2v) is 5.91. The fourth-order valence-corrected chi connectivity index (χ4v) is 3.73. The molecule has 13 heavy (non-hydrogen) atoms. The maximum atomic E-state index is 4.31. The van der Waals surface area contributed by atoms with Crippen LogP contribution in [0.15, 0.2) is 12.2 Å². The molecule has 0 amide bonds. The lowest BCUT2D eigenvalue weighted by Crippen LogP contribution is -2.25. The Labute approximate surface area is 82.4 Å². The van der Waals surface area contributed by atoms with Crippen LogP contribution < -0.4 is 0 Å². The summed E-state index contributed by atoms with van der Waals surface area (Å²) < 4.78 is 0. The van der Waals surface area contributed by atoms with Crippen molar-refractivity contribution >= 4 is 0 Å². The van der Waals surface area contributed by atoms with E-state index in [4.69, 9.17) is 0 Å². The highest BCUT2D eigenvalue weighted by atomic mass is 14.6. The topological polar surface area (TPSA) is 0 Å². The maximum Gasteiger partial charge on any atom is -0.0121 e. The quantitative estimate of drug-likeness (QED) is 0.494. The van der Waals surface area contributed by atoms with Crippen LogP contribution in [0, 0.1) is 29.1 Å². The van der Waals surface area contributed by atoms with Crippen LogP contribution in [0.25, 0.3) is 0 Å². The molecule has 0 heteroatoms. The van der Waals surface area contributed by atoms with Crippen LogP contribution in [0.2, 0.25) is 0 Å². The molecule has 0 aromatic rings. The second-order valence-electron chi connectivity index (χ2n) is 5.91. The SMILES string of the molecule is C=C1C(C)CC2CC(C)C(C)(C)C12. The van der Waals surface area contributed by atoms with Crippen LogP contribution >= 0.6 is 0 Å². The summed E-state index contributed by atoms with van der Waals surface area (Å²) in [7, 11) is 0. The van der Waals surface area contributed by atoms with Gasteiger partial charge >= 0.3 is 0 Å². The molecular weight excluding hydrogens is 156 g/mol. The molecule has 0 aliphatic heterocycles. The first-order valence-corrected chi connectivity index (χ1v) is 5.63. The predicted octanol–water partition coefficient (Wildman–Crippen LogP) is 3.88. The molecule has 0 aromatic heterocycles. The lowest BCUT2D eigenvalue weighted by molar-refractivity contribution is 0.218. The first-order valence-electron chi connectivity index (χ1n) is 5.63. The molecule has 4 atom stereocenters. The fraction of sp³-hybridized carbons (Fsp3) is 0.846. The molecule has 2 aliphatic carbocycles. The van der Waals surface area contributed by atoms with E-state index in [9.17, 15) is 0 Å². The lowest BCUT2D eigenvalue weighted by atomic mass is 9.73. The summed E-state index contributed by atoms with van der Waals surface area (Å²) in [6.45, 7) is 13.9. The number of hydrogen-bond donors (Lipinski definition) is 0. The van der Waals surface area contributed by atoms with Gasteiger partial charge in [-0.3, -0.25) is 0 Å². The average Bonchev–Trinajstić information content (AvgIpc) is 2.37. The highest BCUT2D eigenvalue weighted by Crippen LogP contribution is 2.60. The van der Waals surface area contributed by atoms with Crippen molar-refractivity contribution in [1.82, 2.24) is 0 Å². The minimum Gasteiger partial charge on any atom is -0.0993 e. The van der Waals surface area contributed by atoms with E-state index in [0.717, 1.165) is 23.7 Å². The van der Waals surface area contributed by atoms with E-state index in [0.29, 0.717) is 5.41 Å². The minimum atomic E-state index is 0.506. The Hall–Kier alpha value is -0.260. The van der Waals surface area contributed by atoms with Crippen LogP contribution in [0.1, 0.15) is 40.5 Å². The smallest absolute Gasteiger partial charge is 0.0121 e. The summed E-state index contributed by atoms with van der Waals surface area (Å²) >= 11 is 0. The van der Waals surface area contributed by atoms with Crippen LogP contribution in [0.4, 0.5) is 0 Å². The van der Waals surface area contributed by atoms with E-state index in [1.165, 1.54) is 12.8 Å². The van der Waals surface area contributed by atoms with Crippen LogP contribution in [-0.2, 0) is 0 Å². The summed E-state index contributed by atoms with van der Waals surface area (Å²) in [5.74, 6) is 3.43. The molecule has 0 radical (unpaired) electrons. The Morgan fingerprint density at radius 2 is 1.85 bits per heavy atom. The second kappa shape index (κ2) is 2.62. The van der Waals surface area contributed by atoms with Gasteiger partial charge in [0.2, 0.25) is 0 Å². The van der Waals surface area contributed by atoms with Gasteiger partial charge in [0.1, 0.15) is 0 Å². The minimum absolute atomic E-state index is 0.506. The highest BCUT2D eigenvalue weighted by molar-refractivity contribution is 5.20. The number of hydrogen-bond acceptors (Lipinski definition) is 0. The standard InChI is InChI=1S/C13H22/c1-8-6-11-7-9(2)13(4,5)12(11)10(8)3/h8-9,11-12H,3,6-7H2,1-2,4-5H3. The van der Waals surface area contributed by atoms with Gasteiger partial charge in [-0.05, 0) is 41.9 Å². The third-order valence-electron chi connectivity index (χ3n) is 4.89. The summed E-state index contributed by atoms with van der Waals surface area (Å²) in [5.41, 5.74) is 2.05. The van der Waals surface area contributed by atoms with Crippen molar-refractivity contribution in [2.45, 2.75) is 40.5 Å². The third kappa shape index (κ3) is 1.11. The van der Waals surface area contributed by atoms with Crippen molar-refractivity contribution < 1.29 is 0 Å². The van der Waals surface area contributed by atoms with Gasteiger partial charge in [0, 0.05) is 0 Å². The summed E-state index contributed by atoms with van der Waals surface area (Å²) in [6, 6.07) is 0. The monoisotopic (exact) mass is 178 g/mol. The zero-order valence-corrected chi connectivity index (χ0v) is 9.43. The third-order valence-corrected chi connectivity index (χ3v) is 4.89. The number of fused-ring (bicyclic) bond motifs is 1. The molecule has 0 nitrogen and oxygen atoms in total. The molecule has 0 heterocycles. The predicted molar refractivity (Wildman–Crippen MR) is 57.5 cm³/mol. The molecule has 2 fully saturated rings. The van der Waals surface area contributed by atoms with Crippen molar-refractivity contribution in [2.24, 2.45) is 29.1 Å². The van der Waals surface area contributed by atoms with E-state index in [2.05, 4.69) is 34.3 Å². The van der Waals surface area contributed by atoms with E-state index >= 15 is 0 Å². The molecule has 0 saturated heterocycles. The molecule has 0 bridgehead atoms. The Morgan fingerprint density at radius 3 is 2.38 bits per heavy atom. The van der Waals surface area contributed by atoms with Crippen LogP contribution in [0.5, 0.6) is 0 Å². The molecule has 2 rings (SSSR count). The first-order chi connectivity index (χ1) is 5.94. The van der Waals surface area contributed by atoms with Gasteiger partial charge in [-0.15, -0.1) is 0 Å². The normalized spacial score (nSPS) is 48.2. The molecule has 0 aromatic carbocycles. The van der Waals surface area contributed by atoms with Crippen LogP contribution in [-0.4, -0.2) is 0 Å². The van der Waals surface area contributed by atoms with Gasteiger partial charge in [-0.25, -0.2) is 0 Å². The highest BCUT2D eigenvalue weighted by Gasteiger charge is 2.52. The van der Waals surface area contributed by atoms with E-state index in [-0.39, 0.29) is 0 Å². The first kappa shape index (κ1) is 9.30. The number of allylic oxidation sites excluding steroid dienone is 1. The van der Waals surface area contributed by atoms with Crippen LogP contribution in [0.3, 0.4) is 0 Å². The van der Waals surface area contributed by atoms with Gasteiger partial charge in [-0.1, -0.05) is 39.8 Å². The summed E-state index contributed by atoms with van der Waals surface area (Å²) in [6.07, 6.45) is 2.83. The number of rotatable bonds is 0. The van der Waals surface area contributed by atoms with Gasteiger partial charge in [0.15, 0.2) is 0 Å². The maximum absolute atomic E-state index is 4.31. The molecule has 2 aliphatic rings. The van der Waals surface area contributed by atoms with Gasteiger partial charge < -0.3 is 0 Å². The average molecular weight is 178 g/mol. The van der Waals surface area contributed by atoms with Gasteiger partial charge in [-0.2, -0.15) is 0 Å². The molecule has 74 valence electrons. The van der Waals surface area contributed by atoms with Crippen molar-refractivity contribution in [3.63, 3.8) is 0 Å². The Morgan fingerprint density at radius 1 is 1.23 bits per heavy atom. The summed E-state index contributed by atoms with van der Waals surface area (Å²) in [5, 5.41) is 0. The molecule has 0 N–H and O–H groups in total. The Balaban J connectivity index is 2.31. The Kier molecular flexibility index (Phi) is 1.87. The van der Waals surface area contributed by atoms with E-state index in [1.807, 2.05) is 0 Å². The molecule has 4 unspecified atom stereocenters. The van der Waals surface area contributed by atoms with Crippen molar-refractivity contribution in [1.29, 1.82) is 0 Å².